The van der Waals surface area contributed by atoms with E-state index in [1.54, 1.807) is 13.8 Å². The molecule has 11 saturated heterocycles. The van der Waals surface area contributed by atoms with Crippen LogP contribution in [0.2, 0.25) is 18.1 Å². The zero-order valence-corrected chi connectivity index (χ0v) is 78.6. The normalized spacial score (nSPS) is 33.5. The van der Waals surface area contributed by atoms with Crippen LogP contribution in [0, 0.1) is 41.4 Å². The Kier molecular flexibility index (Phi) is 46.6. The first-order valence-electron chi connectivity index (χ1n) is 43.2. The molecule has 131 heavy (non-hydrogen) atoms. The number of aromatic nitrogens is 2. The summed E-state index contributed by atoms with van der Waals surface area (Å²) in [6.45, 7) is 38.4. The van der Waals surface area contributed by atoms with Crippen LogP contribution in [0.5, 0.6) is 0 Å². The molecule has 0 amide bonds. The van der Waals surface area contributed by atoms with Crippen molar-refractivity contribution < 1.29 is 124 Å². The van der Waals surface area contributed by atoms with E-state index in [9.17, 15) is 33.9 Å². The number of hydrogen-bond acceptors (Lipinski definition) is 35. The van der Waals surface area contributed by atoms with E-state index >= 15 is 0 Å². The van der Waals surface area contributed by atoms with Crippen molar-refractivity contribution in [3.05, 3.63) is 106 Å². The Balaban J connectivity index is 0.000000270. The van der Waals surface area contributed by atoms with Crippen LogP contribution in [0.1, 0.15) is 162 Å². The van der Waals surface area contributed by atoms with Gasteiger partial charge in [-0.15, -0.1) is 0 Å². The fraction of sp³-hybridized carbons (Fsp3) is 0.896. The van der Waals surface area contributed by atoms with Crippen LogP contribution in [-0.2, 0) is 109 Å². The molecule has 1 aromatic heterocycles. The molecule has 728 valence electrons. The van der Waals surface area contributed by atoms with Crippen molar-refractivity contribution in [2.45, 2.75) is 321 Å². The lowest BCUT2D eigenvalue weighted by Crippen LogP contribution is -2.44. The molecule has 0 bridgehead atoms. The van der Waals surface area contributed by atoms with E-state index in [0.29, 0.717) is 32.5 Å². The van der Waals surface area contributed by atoms with Gasteiger partial charge in [-0.25, -0.2) is 4.79 Å². The van der Waals surface area contributed by atoms with Crippen molar-refractivity contribution in [3.63, 3.8) is 0 Å². The third-order valence-electron chi connectivity index (χ3n) is 23.0. The van der Waals surface area contributed by atoms with Gasteiger partial charge in [0.2, 0.25) is 6.29 Å². The van der Waals surface area contributed by atoms with Crippen molar-refractivity contribution in [1.29, 1.82) is 0 Å². The lowest BCUT2D eigenvalue weighted by molar-refractivity contribution is -0.213. The quantitative estimate of drug-likeness (QED) is 0.0151. The van der Waals surface area contributed by atoms with E-state index in [0.717, 1.165) is 30.6 Å². The van der Waals surface area contributed by atoms with Gasteiger partial charge in [0.15, 0.2) is 63.0 Å². The van der Waals surface area contributed by atoms with Gasteiger partial charge in [-0.3, -0.25) is 33.5 Å². The summed E-state index contributed by atoms with van der Waals surface area (Å²) in [6, 6.07) is -0.277. The number of carbonyl (C=O) groups is 4. The number of fused-ring (bicyclic) bond motifs is 3. The molecule has 54 heteroatoms. The molecular weight excluding hydrogens is 1740 g/mol. The number of aliphatic hydroxyl groups is 3. The molecule has 11 aliphatic rings. The van der Waals surface area contributed by atoms with Crippen molar-refractivity contribution in [2.24, 2.45) is 77.2 Å². The Morgan fingerprint density at radius 2 is 0.817 bits per heavy atom. The van der Waals surface area contributed by atoms with E-state index in [1.807, 2.05) is 55.4 Å². The number of aliphatic hydroxyl groups excluding tert-OH is 3. The molecular formula is C77H127B2N23O28Si. The molecule has 0 aromatic carbocycles. The average molecular weight is 1870 g/mol. The second-order valence-electron chi connectivity index (χ2n) is 34.6. The van der Waals surface area contributed by atoms with Gasteiger partial charge >= 0.3 is 29.6 Å². The smallest absolute Gasteiger partial charge is 0.330 e. The van der Waals surface area contributed by atoms with Gasteiger partial charge in [-0.05, 0) is 137 Å². The predicted octanol–water partition coefficient (Wildman–Crippen LogP) is 10.1. The number of hydrogen-bond donors (Lipinski definition) is 4. The van der Waals surface area contributed by atoms with Gasteiger partial charge in [0, 0.05) is 181 Å². The molecule has 28 atom stereocenters. The van der Waals surface area contributed by atoms with Gasteiger partial charge in [0.1, 0.15) is 40.1 Å². The maximum atomic E-state index is 12.0. The first kappa shape index (κ1) is 113. The summed E-state index contributed by atoms with van der Waals surface area (Å²) in [5, 5.41) is 52.3. The maximum absolute atomic E-state index is 12.0. The van der Waals surface area contributed by atoms with Gasteiger partial charge in [-0.2, -0.15) is 0 Å². The number of esters is 4. The number of nitrogens with zero attached hydrogens (tertiary/aromatic N) is 22. The minimum Gasteiger partial charge on any atom is -0.460 e. The minimum atomic E-state index is -1.86. The number of ether oxygens (including phenoxy) is 18. The number of nitrogens with one attached hydrogen (secondary N) is 1. The first-order chi connectivity index (χ1) is 61.9. The van der Waals surface area contributed by atoms with Crippen LogP contribution in [0.25, 0.3) is 73.1 Å². The molecule has 12 heterocycles. The highest BCUT2D eigenvalue weighted by Crippen LogP contribution is 2.46. The number of aromatic amines is 1. The Bertz CT molecular complexity index is 4220. The molecule has 11 aliphatic heterocycles. The zero-order valence-electron chi connectivity index (χ0n) is 77.6. The van der Waals surface area contributed by atoms with Gasteiger partial charge in [0.05, 0.1) is 74.7 Å². The van der Waals surface area contributed by atoms with Crippen LogP contribution >= 0.6 is 0 Å². The van der Waals surface area contributed by atoms with Crippen molar-refractivity contribution in [3.8, 4) is 0 Å². The van der Waals surface area contributed by atoms with Crippen LogP contribution in [0.4, 0.5) is 0 Å². The predicted molar refractivity (Wildman–Crippen MR) is 464 cm³/mol. The number of carbonyl (C=O) groups excluding carboxylic acids is 4. The van der Waals surface area contributed by atoms with Gasteiger partial charge in [0.25, 0.3) is 5.56 Å². The van der Waals surface area contributed by atoms with E-state index in [1.165, 1.54) is 52.8 Å². The Morgan fingerprint density at radius 3 is 1.21 bits per heavy atom. The number of H-pyrrole nitrogens is 1. The molecule has 1 aromatic rings. The standard InChI is InChI=1S/C15H29N3O4Si.C13H17N5O5.C11H17N3O5.C10H17N3O3.C9H14BN3O3.C9H15N3O4.C6H10BN3O3.C4H8O/c1-14(2,3)23(6,7)19-9-11-10(8-17-18-16)12-13(20-11)22-15(4,5)21-12;1-3-9-8(6-15-17-14)11(22-7(2)19)12(23-9)18-5-4-10(20)16-13(18)21;1-4-9-8(5-13-14-12)10(17-6(2)15)11(19-9)18-7(3)16;1-4-7-6(5-12-13-11)8-9(14-7)16-10(2,3)15-8;1-3-7-6(4-12-13-11)8(9(10)16-7)15-5(2)14;1-9(2)15-7-5(3-11-12-10)6(4-13)14-8(7)16-9;7-6-5(12)3(1-9-10-8)4(2-11)13-6;1-2-4-5-3-1/h10-13H,8-9H2,1-7H3;4-5,8-9,11-12H,3,6H2,1-2H3,(H,16,20,21);8-11H,4-5H2,1-3H3;6-9H,4-5H2,1-3H3;6-9H,3-4H2,1-2H3;5-8,13H,3-4H2,1-2H3;3-6,11-12H,1-2H2;1-4H2/t10-,11-,12-,13-;8-,9-,11-,12-;8-,9-,10-,11?;2*6-,7-,8-,9-;5-,6-,7-,8-;3-,4-,5-,6-;/m1111111./s1. The second kappa shape index (κ2) is 54.0. The van der Waals surface area contributed by atoms with Crippen molar-refractivity contribution in [1.82, 2.24) is 9.55 Å². The van der Waals surface area contributed by atoms with E-state index in [2.05, 4.69) is 109 Å². The third kappa shape index (κ3) is 33.7. The molecule has 4 radical (unpaired) electrons. The topological polar surface area (TPSA) is 701 Å². The fourth-order valence-electron chi connectivity index (χ4n) is 15.9. The van der Waals surface area contributed by atoms with E-state index in [-0.39, 0.29) is 142 Å². The molecule has 51 nitrogen and oxygen atoms in total. The summed E-state index contributed by atoms with van der Waals surface area (Å²) >= 11 is 0. The molecule has 1 unspecified atom stereocenters. The Morgan fingerprint density at radius 1 is 0.481 bits per heavy atom. The highest BCUT2D eigenvalue weighted by Gasteiger charge is 2.58. The van der Waals surface area contributed by atoms with Crippen LogP contribution in [-0.4, -0.2) is 292 Å². The van der Waals surface area contributed by atoms with Crippen molar-refractivity contribution >= 4 is 47.9 Å². The summed E-state index contributed by atoms with van der Waals surface area (Å²) in [6.07, 6.45) is -1.86. The fourth-order valence-corrected chi connectivity index (χ4v) is 16.9. The SMILES string of the molecule is C1CCOC1.CC1(C)O[C@H]2O[C@H](CO)[C@@H](CN=[N+]=[N-])[C@H]2O1.CC1(C)O[C@H]2O[C@H](CO[Si](C)(C)C(C)(C)C)[C@@H](CN=[N+]=[N-])[C@H]2O1.CC[C@H]1OC(OC(C)=O)[C@H](OC(C)=O)[C@@H]1CN=[N+]=[N-].CC[C@H]1O[C@@H](n2ccc(=O)[nH]c2=O)[C@H](OC(C)=O)[C@@H]1CN=[N+]=[N-].CC[C@H]1O[C@@H]2OC(C)(C)O[C@@H]2[C@@H]1CN=[N+]=[N-].[B][C@@H]1O[C@H](CC)[C@@H](CN=[N+]=[N-])[C@H]1OC(C)=O.[B][C@@H]1O[C@H](CO)[C@@H](CN=[N+]=[N-])[C@H]1O. The molecule has 11 fully saturated rings. The van der Waals surface area contributed by atoms with E-state index in [4.69, 9.17) is 154 Å². The van der Waals surface area contributed by atoms with Gasteiger partial charge in [-0.1, -0.05) is 84.3 Å². The molecule has 0 saturated carbocycles. The van der Waals surface area contributed by atoms with Crippen LogP contribution in [0.3, 0.4) is 0 Å². The summed E-state index contributed by atoms with van der Waals surface area (Å²) in [5.41, 5.74) is 57.4. The molecule has 4 N–H and O–H groups in total. The lowest BCUT2D eigenvalue weighted by Gasteiger charge is -2.37. The highest BCUT2D eigenvalue weighted by atomic mass is 28.4. The summed E-state index contributed by atoms with van der Waals surface area (Å²) in [5.74, 6) is -5.37. The molecule has 12 rings (SSSR count). The first-order valence-corrected chi connectivity index (χ1v) is 46.1. The maximum Gasteiger partial charge on any atom is 0.330 e. The molecule has 0 aliphatic carbocycles. The van der Waals surface area contributed by atoms with E-state index < -0.39 is 140 Å². The molecule has 0 spiro atoms. The minimum absolute atomic E-state index is 0.0524. The summed E-state index contributed by atoms with van der Waals surface area (Å²) < 4.78 is 106. The Labute approximate surface area is 761 Å². The number of azide groups is 7. The Hall–Kier alpha value is -8.64. The van der Waals surface area contributed by atoms with Crippen LogP contribution < -0.4 is 11.2 Å². The lowest BCUT2D eigenvalue weighted by atomic mass is 9.87. The number of rotatable bonds is 28. The van der Waals surface area contributed by atoms with Crippen molar-refractivity contribution in [2.75, 3.05) is 78.8 Å². The summed E-state index contributed by atoms with van der Waals surface area (Å²) in [4.78, 5) is 88.8. The largest absolute Gasteiger partial charge is 0.460 e. The zero-order chi connectivity index (χ0) is 97.9. The van der Waals surface area contributed by atoms with Gasteiger partial charge < -0.3 is 105 Å². The highest BCUT2D eigenvalue weighted by molar-refractivity contribution is 6.74. The monoisotopic (exact) mass is 1870 g/mol. The second-order valence-corrected chi connectivity index (χ2v) is 39.4. The van der Waals surface area contributed by atoms with Crippen LogP contribution in [0.15, 0.2) is 57.7 Å². The third-order valence-corrected chi connectivity index (χ3v) is 27.5. The average Bonchev–Trinajstić information content (AvgIpc) is 1.63. The summed E-state index contributed by atoms with van der Waals surface area (Å²) in [7, 11) is 9.25.